The molecule has 4 nitrogen and oxygen atoms in total. The Hall–Kier alpha value is -2.41. The lowest BCUT2D eigenvalue weighted by Gasteiger charge is -2.18. The summed E-state index contributed by atoms with van der Waals surface area (Å²) in [6.07, 6.45) is 3.50. The van der Waals surface area contributed by atoms with Gasteiger partial charge in [0.15, 0.2) is 11.5 Å². The summed E-state index contributed by atoms with van der Waals surface area (Å²) in [5, 5.41) is 8.98. The van der Waals surface area contributed by atoms with E-state index in [-0.39, 0.29) is 0 Å². The topological polar surface area (TPSA) is 58.0 Å². The Labute approximate surface area is 98.4 Å². The number of nitrogens with zero attached hydrogens (tertiary/aromatic N) is 1. The van der Waals surface area contributed by atoms with Crippen LogP contribution in [-0.2, 0) is 0 Å². The maximum atomic E-state index is 8.98. The molecule has 4 heteroatoms. The minimum Gasteiger partial charge on any atom is -0.486 e. The van der Waals surface area contributed by atoms with E-state index >= 15 is 0 Å². The fraction of sp³-hybridized carbons (Fsp3) is 0.154. The third kappa shape index (κ3) is 1.62. The van der Waals surface area contributed by atoms with Crippen LogP contribution in [0, 0.1) is 11.3 Å². The molecule has 84 valence electrons. The molecular weight excluding hydrogens is 216 g/mol. The molecule has 0 atom stereocenters. The van der Waals surface area contributed by atoms with Crippen molar-refractivity contribution in [2.45, 2.75) is 0 Å². The number of nitriles is 1. The molecule has 0 saturated heterocycles. The van der Waals surface area contributed by atoms with Crippen molar-refractivity contribution < 1.29 is 9.47 Å². The lowest BCUT2D eigenvalue weighted by atomic mass is 10.0. The molecule has 2 heterocycles. The van der Waals surface area contributed by atoms with Crippen molar-refractivity contribution >= 4 is 0 Å². The van der Waals surface area contributed by atoms with Gasteiger partial charge < -0.3 is 14.5 Å². The first-order chi connectivity index (χ1) is 8.38. The first-order valence-electron chi connectivity index (χ1n) is 5.35. The van der Waals surface area contributed by atoms with E-state index in [0.29, 0.717) is 18.8 Å². The molecule has 1 aliphatic rings. The van der Waals surface area contributed by atoms with Gasteiger partial charge in [0.1, 0.15) is 19.3 Å². The lowest BCUT2D eigenvalue weighted by Crippen LogP contribution is -2.15. The maximum absolute atomic E-state index is 8.98. The number of H-pyrrole nitrogens is 1. The van der Waals surface area contributed by atoms with Crippen LogP contribution >= 0.6 is 0 Å². The van der Waals surface area contributed by atoms with Crippen molar-refractivity contribution in [1.29, 1.82) is 5.26 Å². The third-order valence-corrected chi connectivity index (χ3v) is 2.72. The minimum absolute atomic E-state index is 0.564. The van der Waals surface area contributed by atoms with Crippen molar-refractivity contribution in [2.75, 3.05) is 13.2 Å². The van der Waals surface area contributed by atoms with Crippen LogP contribution in [0.3, 0.4) is 0 Å². The number of ether oxygens (including phenoxy) is 2. The molecular formula is C13H10N2O2. The molecule has 0 unspecified atom stereocenters. The lowest BCUT2D eigenvalue weighted by molar-refractivity contribution is 0.171. The third-order valence-electron chi connectivity index (χ3n) is 2.72. The molecule has 1 N–H and O–H groups in total. The normalized spacial score (nSPS) is 13.1. The van der Waals surface area contributed by atoms with Gasteiger partial charge in [0.2, 0.25) is 0 Å². The number of rotatable bonds is 1. The smallest absolute Gasteiger partial charge is 0.161 e. The number of aromatic nitrogens is 1. The van der Waals surface area contributed by atoms with Crippen molar-refractivity contribution in [3.8, 4) is 28.7 Å². The summed E-state index contributed by atoms with van der Waals surface area (Å²) in [5.41, 5.74) is 2.46. The number of benzene rings is 1. The second kappa shape index (κ2) is 3.87. The van der Waals surface area contributed by atoms with E-state index in [1.165, 1.54) is 0 Å². The highest BCUT2D eigenvalue weighted by Crippen LogP contribution is 2.35. The van der Waals surface area contributed by atoms with Crippen LogP contribution in [0.15, 0.2) is 30.6 Å². The van der Waals surface area contributed by atoms with Crippen molar-refractivity contribution in [3.63, 3.8) is 0 Å². The summed E-state index contributed by atoms with van der Waals surface area (Å²) in [7, 11) is 0. The highest BCUT2D eigenvalue weighted by Gasteiger charge is 2.14. The summed E-state index contributed by atoms with van der Waals surface area (Å²) in [5.74, 6) is 1.49. The second-order valence-electron chi connectivity index (χ2n) is 3.75. The Kier molecular flexibility index (Phi) is 2.23. The fourth-order valence-corrected chi connectivity index (χ4v) is 1.91. The Balaban J connectivity index is 2.08. The van der Waals surface area contributed by atoms with Crippen LogP contribution in [0.25, 0.3) is 11.1 Å². The molecule has 1 aromatic heterocycles. The molecule has 1 aromatic carbocycles. The molecule has 0 aliphatic carbocycles. The summed E-state index contributed by atoms with van der Waals surface area (Å²) >= 11 is 0. The van der Waals surface area contributed by atoms with Gasteiger partial charge in [0, 0.05) is 18.0 Å². The maximum Gasteiger partial charge on any atom is 0.161 e. The van der Waals surface area contributed by atoms with E-state index in [9.17, 15) is 0 Å². The van der Waals surface area contributed by atoms with Crippen molar-refractivity contribution in [1.82, 2.24) is 4.98 Å². The van der Waals surface area contributed by atoms with Gasteiger partial charge in [-0.2, -0.15) is 5.26 Å². The Morgan fingerprint density at radius 2 is 1.94 bits per heavy atom. The molecule has 0 saturated carbocycles. The van der Waals surface area contributed by atoms with Gasteiger partial charge in [-0.05, 0) is 17.7 Å². The zero-order valence-electron chi connectivity index (χ0n) is 9.06. The van der Waals surface area contributed by atoms with E-state index < -0.39 is 0 Å². The quantitative estimate of drug-likeness (QED) is 0.811. The highest BCUT2D eigenvalue weighted by atomic mass is 16.6. The van der Waals surface area contributed by atoms with Crippen molar-refractivity contribution in [3.05, 3.63) is 36.2 Å². The molecule has 0 bridgehead atoms. The zero-order chi connectivity index (χ0) is 11.7. The predicted molar refractivity (Wildman–Crippen MR) is 61.9 cm³/mol. The Morgan fingerprint density at radius 3 is 2.76 bits per heavy atom. The second-order valence-corrected chi connectivity index (χ2v) is 3.75. The van der Waals surface area contributed by atoms with Crippen LogP contribution in [0.4, 0.5) is 0 Å². The van der Waals surface area contributed by atoms with Crippen LogP contribution in [0.1, 0.15) is 5.56 Å². The summed E-state index contributed by atoms with van der Waals surface area (Å²) < 4.78 is 11.0. The highest BCUT2D eigenvalue weighted by molar-refractivity contribution is 5.72. The van der Waals surface area contributed by atoms with Crippen LogP contribution in [0.2, 0.25) is 0 Å². The molecule has 0 fully saturated rings. The molecule has 0 radical (unpaired) electrons. The van der Waals surface area contributed by atoms with Gasteiger partial charge in [-0.3, -0.25) is 0 Å². The minimum atomic E-state index is 0.564. The Bertz CT molecular complexity index is 596. The van der Waals surface area contributed by atoms with Gasteiger partial charge in [-0.1, -0.05) is 6.07 Å². The van der Waals surface area contributed by atoms with E-state index in [0.717, 1.165) is 22.6 Å². The van der Waals surface area contributed by atoms with Crippen LogP contribution in [-0.4, -0.2) is 18.2 Å². The Morgan fingerprint density at radius 1 is 1.12 bits per heavy atom. The van der Waals surface area contributed by atoms with Gasteiger partial charge in [-0.15, -0.1) is 0 Å². The standard InChI is InChI=1S/C13H10N2O2/c14-6-10-7-15-8-11(10)9-1-2-12-13(5-9)17-4-3-16-12/h1-2,5,7-8,15H,3-4H2. The van der Waals surface area contributed by atoms with Gasteiger partial charge in [0.05, 0.1) is 5.56 Å². The van der Waals surface area contributed by atoms with E-state index in [2.05, 4.69) is 11.1 Å². The van der Waals surface area contributed by atoms with E-state index in [1.54, 1.807) is 6.20 Å². The molecule has 0 amide bonds. The molecule has 3 rings (SSSR count). The first-order valence-corrected chi connectivity index (χ1v) is 5.35. The fourth-order valence-electron chi connectivity index (χ4n) is 1.91. The number of hydrogen-bond acceptors (Lipinski definition) is 3. The molecule has 1 aliphatic heterocycles. The van der Waals surface area contributed by atoms with Crippen LogP contribution in [0.5, 0.6) is 11.5 Å². The summed E-state index contributed by atoms with van der Waals surface area (Å²) in [6, 6.07) is 7.85. The van der Waals surface area contributed by atoms with E-state index in [4.69, 9.17) is 14.7 Å². The number of aromatic amines is 1. The first kappa shape index (κ1) is 9.79. The average molecular weight is 226 g/mol. The molecule has 0 spiro atoms. The number of nitrogens with one attached hydrogen (secondary N) is 1. The molecule has 17 heavy (non-hydrogen) atoms. The number of hydrogen-bond donors (Lipinski definition) is 1. The van der Waals surface area contributed by atoms with Gasteiger partial charge in [-0.25, -0.2) is 0 Å². The van der Waals surface area contributed by atoms with Crippen LogP contribution < -0.4 is 9.47 Å². The van der Waals surface area contributed by atoms with Gasteiger partial charge >= 0.3 is 0 Å². The molecule has 2 aromatic rings. The average Bonchev–Trinajstić information content (AvgIpc) is 2.86. The predicted octanol–water partition coefficient (Wildman–Crippen LogP) is 2.32. The van der Waals surface area contributed by atoms with Crippen molar-refractivity contribution in [2.24, 2.45) is 0 Å². The monoisotopic (exact) mass is 226 g/mol. The van der Waals surface area contributed by atoms with E-state index in [1.807, 2.05) is 24.4 Å². The SMILES string of the molecule is N#Cc1c[nH]cc1-c1ccc2c(c1)OCCO2. The van der Waals surface area contributed by atoms with Gasteiger partial charge in [0.25, 0.3) is 0 Å². The largest absolute Gasteiger partial charge is 0.486 e. The summed E-state index contributed by atoms with van der Waals surface area (Å²) in [6.45, 7) is 1.15. The number of fused-ring (bicyclic) bond motifs is 1. The zero-order valence-corrected chi connectivity index (χ0v) is 9.06. The summed E-state index contributed by atoms with van der Waals surface area (Å²) in [4.78, 5) is 2.93.